The van der Waals surface area contributed by atoms with Gasteiger partial charge in [-0.1, -0.05) is 39.0 Å². The van der Waals surface area contributed by atoms with Gasteiger partial charge in [-0.05, 0) is 29.9 Å². The van der Waals surface area contributed by atoms with Crippen molar-refractivity contribution in [2.45, 2.75) is 51.6 Å². The molecule has 2 amide bonds. The van der Waals surface area contributed by atoms with Gasteiger partial charge in [0.25, 0.3) is 0 Å². The molecule has 25 heavy (non-hydrogen) atoms. The fourth-order valence-corrected chi connectivity index (χ4v) is 3.62. The van der Waals surface area contributed by atoms with Gasteiger partial charge < -0.3 is 15.0 Å². The minimum atomic E-state index is -0.290. The number of nitrogens with one attached hydrogen (secondary N) is 1. The van der Waals surface area contributed by atoms with Crippen LogP contribution in [0.25, 0.3) is 0 Å². The van der Waals surface area contributed by atoms with E-state index in [1.807, 2.05) is 18.2 Å². The molecule has 0 radical (unpaired) electrons. The fraction of sp³-hybridized carbons (Fsp3) is 0.600. The van der Waals surface area contributed by atoms with Gasteiger partial charge in [0.1, 0.15) is 0 Å². The number of carbonyl (C=O) groups excluding carboxylic acids is 2. The first kappa shape index (κ1) is 17.9. The number of ether oxygens (including phenoxy) is 1. The van der Waals surface area contributed by atoms with Crippen molar-refractivity contribution in [2.75, 3.05) is 24.6 Å². The van der Waals surface area contributed by atoms with Crippen LogP contribution in [0.15, 0.2) is 24.3 Å². The number of rotatable bonds is 4. The molecule has 136 valence electrons. The summed E-state index contributed by atoms with van der Waals surface area (Å²) in [5, 5.41) is 2.96. The van der Waals surface area contributed by atoms with Gasteiger partial charge in [0.2, 0.25) is 11.8 Å². The zero-order valence-corrected chi connectivity index (χ0v) is 15.4. The van der Waals surface area contributed by atoms with Crippen molar-refractivity contribution >= 4 is 17.5 Å². The summed E-state index contributed by atoms with van der Waals surface area (Å²) in [6.45, 7) is 8.18. The zero-order chi connectivity index (χ0) is 18.0. The molecule has 2 aliphatic heterocycles. The quantitative estimate of drug-likeness (QED) is 0.913. The monoisotopic (exact) mass is 344 g/mol. The van der Waals surface area contributed by atoms with Gasteiger partial charge in [0.15, 0.2) is 0 Å². The van der Waals surface area contributed by atoms with Gasteiger partial charge in [-0.15, -0.1) is 0 Å². The highest BCUT2D eigenvalue weighted by molar-refractivity contribution is 6.01. The number of hydrogen-bond acceptors (Lipinski definition) is 3. The van der Waals surface area contributed by atoms with E-state index in [0.29, 0.717) is 13.1 Å². The molecule has 0 saturated carbocycles. The van der Waals surface area contributed by atoms with E-state index in [0.717, 1.165) is 30.7 Å². The number of benzene rings is 1. The van der Waals surface area contributed by atoms with E-state index in [4.69, 9.17) is 4.74 Å². The number of nitrogens with zero attached hydrogens (tertiary/aromatic N) is 1. The van der Waals surface area contributed by atoms with Crippen molar-refractivity contribution < 1.29 is 14.3 Å². The minimum Gasteiger partial charge on any atom is -0.376 e. The molecular formula is C20H28N2O3. The Morgan fingerprint density at radius 3 is 2.76 bits per heavy atom. The maximum Gasteiger partial charge on any atom is 0.227 e. The molecule has 2 aliphatic rings. The molecule has 0 aromatic heterocycles. The highest BCUT2D eigenvalue weighted by atomic mass is 16.5. The SMILES string of the molecule is CC(C)(C)c1ccccc1N1CC(C(=O)NCC2CCCO2)CC1=O. The third-order valence-electron chi connectivity index (χ3n) is 5.03. The summed E-state index contributed by atoms with van der Waals surface area (Å²) in [4.78, 5) is 26.8. The molecule has 0 bridgehead atoms. The highest BCUT2D eigenvalue weighted by Crippen LogP contribution is 2.35. The van der Waals surface area contributed by atoms with Crippen molar-refractivity contribution in [3.05, 3.63) is 29.8 Å². The second kappa shape index (κ2) is 7.16. The van der Waals surface area contributed by atoms with Crippen molar-refractivity contribution in [3.63, 3.8) is 0 Å². The normalized spacial score (nSPS) is 24.0. The average Bonchev–Trinajstić information content (AvgIpc) is 3.21. The Bertz CT molecular complexity index is 645. The van der Waals surface area contributed by atoms with Crippen LogP contribution < -0.4 is 10.2 Å². The molecule has 2 saturated heterocycles. The first-order valence-electron chi connectivity index (χ1n) is 9.15. The molecule has 5 heteroatoms. The lowest BCUT2D eigenvalue weighted by Crippen LogP contribution is -2.37. The molecule has 0 spiro atoms. The van der Waals surface area contributed by atoms with Crippen molar-refractivity contribution in [3.8, 4) is 0 Å². The molecule has 2 fully saturated rings. The molecule has 3 rings (SSSR count). The lowest BCUT2D eigenvalue weighted by atomic mass is 9.85. The summed E-state index contributed by atoms with van der Waals surface area (Å²) < 4.78 is 5.54. The van der Waals surface area contributed by atoms with E-state index >= 15 is 0 Å². The second-order valence-corrected chi connectivity index (χ2v) is 8.05. The van der Waals surface area contributed by atoms with Gasteiger partial charge in [0.05, 0.1) is 12.0 Å². The number of carbonyl (C=O) groups is 2. The smallest absolute Gasteiger partial charge is 0.227 e. The highest BCUT2D eigenvalue weighted by Gasteiger charge is 2.37. The largest absolute Gasteiger partial charge is 0.376 e. The van der Waals surface area contributed by atoms with E-state index in [1.165, 1.54) is 0 Å². The Balaban J connectivity index is 1.67. The zero-order valence-electron chi connectivity index (χ0n) is 15.4. The van der Waals surface area contributed by atoms with Crippen molar-refractivity contribution in [1.82, 2.24) is 5.32 Å². The molecule has 0 aliphatic carbocycles. The molecule has 2 atom stereocenters. The lowest BCUT2D eigenvalue weighted by Gasteiger charge is -2.27. The van der Waals surface area contributed by atoms with Crippen LogP contribution in [-0.4, -0.2) is 37.6 Å². The van der Waals surface area contributed by atoms with Crippen molar-refractivity contribution in [2.24, 2.45) is 5.92 Å². The van der Waals surface area contributed by atoms with Crippen LogP contribution in [0, 0.1) is 5.92 Å². The van der Waals surface area contributed by atoms with Gasteiger partial charge in [-0.25, -0.2) is 0 Å². The van der Waals surface area contributed by atoms with E-state index in [1.54, 1.807) is 4.90 Å². The van der Waals surface area contributed by atoms with Gasteiger partial charge in [0, 0.05) is 31.8 Å². The predicted octanol–water partition coefficient (Wildman–Crippen LogP) is 2.63. The standard InChI is InChI=1S/C20H28N2O3/c1-20(2,3)16-8-4-5-9-17(16)22-13-14(11-18(22)23)19(24)21-12-15-7-6-10-25-15/h4-5,8-9,14-15H,6-7,10-13H2,1-3H3,(H,21,24). The van der Waals surface area contributed by atoms with Gasteiger partial charge in [-0.3, -0.25) is 9.59 Å². The number of hydrogen-bond donors (Lipinski definition) is 1. The number of anilines is 1. The van der Waals surface area contributed by atoms with E-state index in [9.17, 15) is 9.59 Å². The van der Waals surface area contributed by atoms with E-state index in [-0.39, 0.29) is 35.7 Å². The van der Waals surface area contributed by atoms with Crippen LogP contribution in [0.5, 0.6) is 0 Å². The summed E-state index contributed by atoms with van der Waals surface area (Å²) in [7, 11) is 0. The molecule has 2 heterocycles. The lowest BCUT2D eigenvalue weighted by molar-refractivity contribution is -0.126. The van der Waals surface area contributed by atoms with E-state index in [2.05, 4.69) is 32.2 Å². The minimum absolute atomic E-state index is 0.0222. The maximum absolute atomic E-state index is 12.6. The molecule has 1 N–H and O–H groups in total. The Labute approximate surface area is 149 Å². The summed E-state index contributed by atoms with van der Waals surface area (Å²) in [5.41, 5.74) is 2.00. The second-order valence-electron chi connectivity index (χ2n) is 8.05. The summed E-state index contributed by atoms with van der Waals surface area (Å²) in [6.07, 6.45) is 2.45. The van der Waals surface area contributed by atoms with Gasteiger partial charge >= 0.3 is 0 Å². The predicted molar refractivity (Wildman–Crippen MR) is 97.6 cm³/mol. The Hall–Kier alpha value is -1.88. The third-order valence-corrected chi connectivity index (χ3v) is 5.03. The molecule has 5 nitrogen and oxygen atoms in total. The Kier molecular flexibility index (Phi) is 5.13. The van der Waals surface area contributed by atoms with Gasteiger partial charge in [-0.2, -0.15) is 0 Å². The third kappa shape index (κ3) is 4.03. The summed E-state index contributed by atoms with van der Waals surface area (Å²) in [5.74, 6) is -0.310. The van der Waals surface area contributed by atoms with Crippen LogP contribution in [0.2, 0.25) is 0 Å². The van der Waals surface area contributed by atoms with E-state index < -0.39 is 0 Å². The Morgan fingerprint density at radius 1 is 1.32 bits per heavy atom. The summed E-state index contributed by atoms with van der Waals surface area (Å²) >= 11 is 0. The van der Waals surface area contributed by atoms with Crippen molar-refractivity contribution in [1.29, 1.82) is 0 Å². The Morgan fingerprint density at radius 2 is 2.08 bits per heavy atom. The topological polar surface area (TPSA) is 58.6 Å². The average molecular weight is 344 g/mol. The first-order chi connectivity index (χ1) is 11.9. The van der Waals surface area contributed by atoms with Crippen LogP contribution in [-0.2, 0) is 19.7 Å². The van der Waals surface area contributed by atoms with Crippen LogP contribution >= 0.6 is 0 Å². The van der Waals surface area contributed by atoms with Crippen LogP contribution in [0.1, 0.15) is 45.6 Å². The van der Waals surface area contributed by atoms with Crippen LogP contribution in [0.3, 0.4) is 0 Å². The van der Waals surface area contributed by atoms with Crippen LogP contribution in [0.4, 0.5) is 5.69 Å². The first-order valence-corrected chi connectivity index (χ1v) is 9.15. The summed E-state index contributed by atoms with van der Waals surface area (Å²) in [6, 6.07) is 7.98. The maximum atomic E-state index is 12.6. The molecule has 1 aromatic carbocycles. The molecular weight excluding hydrogens is 316 g/mol. The number of para-hydroxylation sites is 1. The molecule has 2 unspecified atom stereocenters. The number of amides is 2. The fourth-order valence-electron chi connectivity index (χ4n) is 3.62. The molecule has 1 aromatic rings.